The summed E-state index contributed by atoms with van der Waals surface area (Å²) in [6, 6.07) is 10.9. The maximum absolute atomic E-state index is 12.4. The third-order valence-corrected chi connectivity index (χ3v) is 3.83. The van der Waals surface area contributed by atoms with E-state index in [-0.39, 0.29) is 11.5 Å². The Kier molecular flexibility index (Phi) is 5.07. The molecule has 0 radical (unpaired) electrons. The molecule has 132 valence electrons. The molecule has 0 aliphatic heterocycles. The predicted molar refractivity (Wildman–Crippen MR) is 95.8 cm³/mol. The molecule has 0 spiro atoms. The number of anilines is 1. The Morgan fingerprint density at radius 1 is 1.04 bits per heavy atom. The number of carbonyl (C=O) groups is 2. The molecule has 0 aliphatic rings. The fourth-order valence-corrected chi connectivity index (χ4v) is 2.39. The van der Waals surface area contributed by atoms with Crippen molar-refractivity contribution in [2.24, 2.45) is 0 Å². The molecule has 2 N–H and O–H groups in total. The Morgan fingerprint density at radius 2 is 1.77 bits per heavy atom. The summed E-state index contributed by atoms with van der Waals surface area (Å²) < 4.78 is 4.90. The van der Waals surface area contributed by atoms with Crippen LogP contribution in [0.3, 0.4) is 0 Å². The van der Waals surface area contributed by atoms with Crippen LogP contribution in [0.25, 0.3) is 0 Å². The van der Waals surface area contributed by atoms with Crippen molar-refractivity contribution in [3.05, 3.63) is 76.8 Å². The van der Waals surface area contributed by atoms with Crippen LogP contribution in [-0.2, 0) is 6.54 Å². The van der Waals surface area contributed by atoms with Gasteiger partial charge in [0.2, 0.25) is 0 Å². The lowest BCUT2D eigenvalue weighted by atomic mass is 10.1. The second kappa shape index (κ2) is 7.60. The van der Waals surface area contributed by atoms with E-state index in [0.29, 0.717) is 23.7 Å². The molecule has 26 heavy (non-hydrogen) atoms. The Balaban J connectivity index is 1.67. The van der Waals surface area contributed by atoms with Gasteiger partial charge in [0.05, 0.1) is 11.1 Å². The number of benzene rings is 1. The van der Waals surface area contributed by atoms with Crippen molar-refractivity contribution >= 4 is 17.6 Å². The summed E-state index contributed by atoms with van der Waals surface area (Å²) >= 11 is 0. The van der Waals surface area contributed by atoms with Crippen LogP contribution in [0.1, 0.15) is 37.6 Å². The molecule has 0 fully saturated rings. The standard InChI is InChI=1S/C19H18N4O3/c1-12-5-3-4-6-14(12)11-21-18(24)15-8-16(10-20-9-15)19(25)22-17-7-13(2)26-23-17/h3-10H,11H2,1-2H3,(H,21,24)(H,22,23,25). The first-order chi connectivity index (χ1) is 12.5. The van der Waals surface area contributed by atoms with Crippen LogP contribution in [0.2, 0.25) is 0 Å². The highest BCUT2D eigenvalue weighted by Crippen LogP contribution is 2.11. The van der Waals surface area contributed by atoms with Crippen molar-refractivity contribution in [2.75, 3.05) is 5.32 Å². The summed E-state index contributed by atoms with van der Waals surface area (Å²) in [6.45, 7) is 4.11. The SMILES string of the molecule is Cc1cc(NC(=O)c2cncc(C(=O)NCc3ccccc3C)c2)no1. The number of aryl methyl sites for hydroxylation is 2. The second-order valence-corrected chi connectivity index (χ2v) is 5.85. The third-order valence-electron chi connectivity index (χ3n) is 3.83. The van der Waals surface area contributed by atoms with Crippen LogP contribution in [0, 0.1) is 13.8 Å². The van der Waals surface area contributed by atoms with Gasteiger partial charge in [-0.25, -0.2) is 0 Å². The van der Waals surface area contributed by atoms with Crippen LogP contribution in [0.4, 0.5) is 5.82 Å². The summed E-state index contributed by atoms with van der Waals surface area (Å²) in [6.07, 6.45) is 2.81. The summed E-state index contributed by atoms with van der Waals surface area (Å²) in [5.41, 5.74) is 2.70. The number of amides is 2. The van der Waals surface area contributed by atoms with Crippen molar-refractivity contribution < 1.29 is 14.1 Å². The number of aromatic nitrogens is 2. The Morgan fingerprint density at radius 3 is 2.46 bits per heavy atom. The van der Waals surface area contributed by atoms with Crippen LogP contribution >= 0.6 is 0 Å². The fourth-order valence-electron chi connectivity index (χ4n) is 2.39. The van der Waals surface area contributed by atoms with E-state index >= 15 is 0 Å². The average Bonchev–Trinajstić information content (AvgIpc) is 3.05. The molecule has 0 saturated heterocycles. The molecule has 2 amide bonds. The first-order valence-electron chi connectivity index (χ1n) is 8.05. The van der Waals surface area contributed by atoms with E-state index in [0.717, 1.165) is 11.1 Å². The molecule has 2 heterocycles. The topological polar surface area (TPSA) is 97.1 Å². The van der Waals surface area contributed by atoms with Gasteiger partial charge in [0, 0.05) is 25.0 Å². The van der Waals surface area contributed by atoms with Gasteiger partial charge in [0.1, 0.15) is 5.76 Å². The van der Waals surface area contributed by atoms with E-state index in [9.17, 15) is 9.59 Å². The van der Waals surface area contributed by atoms with Crippen LogP contribution in [0.15, 0.2) is 53.3 Å². The van der Waals surface area contributed by atoms with Crippen LogP contribution < -0.4 is 10.6 Å². The van der Waals surface area contributed by atoms with E-state index in [2.05, 4.69) is 20.8 Å². The molecule has 2 aromatic heterocycles. The van der Waals surface area contributed by atoms with E-state index in [1.165, 1.54) is 18.5 Å². The van der Waals surface area contributed by atoms with E-state index < -0.39 is 5.91 Å². The minimum Gasteiger partial charge on any atom is -0.360 e. The molecule has 0 bridgehead atoms. The summed E-state index contributed by atoms with van der Waals surface area (Å²) in [7, 11) is 0. The monoisotopic (exact) mass is 350 g/mol. The van der Waals surface area contributed by atoms with Gasteiger partial charge in [-0.05, 0) is 31.0 Å². The average molecular weight is 350 g/mol. The first-order valence-corrected chi connectivity index (χ1v) is 8.05. The summed E-state index contributed by atoms with van der Waals surface area (Å²) in [5.74, 6) is 0.178. The highest BCUT2D eigenvalue weighted by Gasteiger charge is 2.13. The largest absolute Gasteiger partial charge is 0.360 e. The lowest BCUT2D eigenvalue weighted by Crippen LogP contribution is -2.24. The number of pyridine rings is 1. The molecule has 0 unspecified atom stereocenters. The van der Waals surface area contributed by atoms with Crippen molar-refractivity contribution in [1.29, 1.82) is 0 Å². The lowest BCUT2D eigenvalue weighted by molar-refractivity contribution is 0.0950. The number of hydrogen-bond acceptors (Lipinski definition) is 5. The smallest absolute Gasteiger partial charge is 0.258 e. The highest BCUT2D eigenvalue weighted by molar-refractivity contribution is 6.05. The second-order valence-electron chi connectivity index (χ2n) is 5.85. The Bertz CT molecular complexity index is 949. The van der Waals surface area contributed by atoms with Crippen molar-refractivity contribution in [3.63, 3.8) is 0 Å². The molecule has 0 saturated carbocycles. The molecule has 1 aromatic carbocycles. The first kappa shape index (κ1) is 17.3. The zero-order chi connectivity index (χ0) is 18.5. The van der Waals surface area contributed by atoms with Gasteiger partial charge in [-0.2, -0.15) is 0 Å². The minimum absolute atomic E-state index is 0.259. The van der Waals surface area contributed by atoms with Gasteiger partial charge in [-0.3, -0.25) is 14.6 Å². The van der Waals surface area contributed by atoms with Gasteiger partial charge < -0.3 is 15.2 Å². The quantitative estimate of drug-likeness (QED) is 0.737. The van der Waals surface area contributed by atoms with E-state index in [1.54, 1.807) is 13.0 Å². The summed E-state index contributed by atoms with van der Waals surface area (Å²) in [4.78, 5) is 28.6. The number of carbonyl (C=O) groups excluding carboxylic acids is 2. The highest BCUT2D eigenvalue weighted by atomic mass is 16.5. The van der Waals surface area contributed by atoms with Gasteiger partial charge in [-0.15, -0.1) is 0 Å². The third kappa shape index (κ3) is 4.13. The van der Waals surface area contributed by atoms with Gasteiger partial charge in [0.25, 0.3) is 11.8 Å². The Hall–Kier alpha value is -3.48. The van der Waals surface area contributed by atoms with Crippen molar-refractivity contribution in [2.45, 2.75) is 20.4 Å². The fraction of sp³-hybridized carbons (Fsp3) is 0.158. The molecular formula is C19H18N4O3. The van der Waals surface area contributed by atoms with Crippen LogP contribution in [-0.4, -0.2) is 22.0 Å². The van der Waals surface area contributed by atoms with Crippen LogP contribution in [0.5, 0.6) is 0 Å². The van der Waals surface area contributed by atoms with Crippen molar-refractivity contribution in [1.82, 2.24) is 15.5 Å². The van der Waals surface area contributed by atoms with Crippen molar-refractivity contribution in [3.8, 4) is 0 Å². The molecule has 0 atom stereocenters. The maximum Gasteiger partial charge on any atom is 0.258 e. The molecule has 3 rings (SSSR count). The summed E-state index contributed by atoms with van der Waals surface area (Å²) in [5, 5.41) is 9.14. The zero-order valence-electron chi connectivity index (χ0n) is 14.4. The lowest BCUT2D eigenvalue weighted by Gasteiger charge is -2.08. The van der Waals surface area contributed by atoms with E-state index in [4.69, 9.17) is 4.52 Å². The van der Waals surface area contributed by atoms with Gasteiger partial charge in [-0.1, -0.05) is 29.4 Å². The Labute approximate surface area is 150 Å². The molecule has 0 aliphatic carbocycles. The molecule has 7 nitrogen and oxygen atoms in total. The van der Waals surface area contributed by atoms with E-state index in [1.807, 2.05) is 31.2 Å². The maximum atomic E-state index is 12.4. The number of nitrogens with zero attached hydrogens (tertiary/aromatic N) is 2. The predicted octanol–water partition coefficient (Wildman–Crippen LogP) is 2.87. The van der Waals surface area contributed by atoms with Gasteiger partial charge in [0.15, 0.2) is 5.82 Å². The molecule has 7 heteroatoms. The molecular weight excluding hydrogens is 332 g/mol. The number of nitrogens with one attached hydrogen (secondary N) is 2. The normalized spacial score (nSPS) is 10.4. The van der Waals surface area contributed by atoms with Gasteiger partial charge >= 0.3 is 0 Å². The number of rotatable bonds is 5. The zero-order valence-corrected chi connectivity index (χ0v) is 14.4. The minimum atomic E-state index is -0.417. The number of hydrogen-bond donors (Lipinski definition) is 2. The molecule has 3 aromatic rings.